The van der Waals surface area contributed by atoms with E-state index < -0.39 is 49.1 Å². The zero-order valence-corrected chi connectivity index (χ0v) is 15.1. The minimum Gasteiger partial charge on any atom is -0.480 e. The van der Waals surface area contributed by atoms with Gasteiger partial charge in [0.2, 0.25) is 17.7 Å². The van der Waals surface area contributed by atoms with E-state index in [2.05, 4.69) is 21.3 Å². The first-order chi connectivity index (χ1) is 12.3. The maximum atomic E-state index is 12.0. The third-order valence-electron chi connectivity index (χ3n) is 4.41. The predicted octanol–water partition coefficient (Wildman–Crippen LogP) is -2.05. The van der Waals surface area contributed by atoms with E-state index in [4.69, 9.17) is 5.11 Å². The Labute approximate surface area is 152 Å². The van der Waals surface area contributed by atoms with Crippen molar-refractivity contribution in [1.82, 2.24) is 21.3 Å². The van der Waals surface area contributed by atoms with E-state index in [1.54, 1.807) is 6.92 Å². The number of hydrogen-bond donors (Lipinski definition) is 6. The molecule has 1 rings (SSSR count). The predicted molar refractivity (Wildman–Crippen MR) is 92.1 cm³/mol. The Bertz CT molecular complexity index is 521. The first-order valence-electron chi connectivity index (χ1n) is 8.74. The molecule has 4 unspecified atom stereocenters. The highest BCUT2D eigenvalue weighted by atomic mass is 16.4. The maximum Gasteiger partial charge on any atom is 0.326 e. The lowest BCUT2D eigenvalue weighted by molar-refractivity contribution is -0.143. The summed E-state index contributed by atoms with van der Waals surface area (Å²) in [6.07, 6.45) is 2.08. The molecule has 4 atom stereocenters. The van der Waals surface area contributed by atoms with E-state index in [1.807, 2.05) is 6.92 Å². The van der Waals surface area contributed by atoms with Crippen molar-refractivity contribution in [2.45, 2.75) is 51.2 Å². The molecule has 6 N–H and O–H groups in total. The molecule has 10 nitrogen and oxygen atoms in total. The van der Waals surface area contributed by atoms with Gasteiger partial charge in [-0.15, -0.1) is 0 Å². The van der Waals surface area contributed by atoms with Crippen molar-refractivity contribution in [2.75, 3.05) is 19.7 Å². The minimum absolute atomic E-state index is 0.268. The molecule has 1 fully saturated rings. The topological polar surface area (TPSA) is 157 Å². The fourth-order valence-corrected chi connectivity index (χ4v) is 2.57. The van der Waals surface area contributed by atoms with E-state index in [9.17, 15) is 24.3 Å². The first kappa shape index (κ1) is 21.8. The summed E-state index contributed by atoms with van der Waals surface area (Å²) in [5.74, 6) is -3.18. The number of aliphatic carboxylic acids is 1. The van der Waals surface area contributed by atoms with Crippen LogP contribution in [0.5, 0.6) is 0 Å². The van der Waals surface area contributed by atoms with Gasteiger partial charge in [-0.25, -0.2) is 4.79 Å². The molecular weight excluding hydrogens is 344 g/mol. The third-order valence-corrected chi connectivity index (χ3v) is 4.41. The molecule has 1 heterocycles. The van der Waals surface area contributed by atoms with Gasteiger partial charge in [-0.05, 0) is 25.3 Å². The molecular formula is C16H28N4O6. The fraction of sp³-hybridized carbons (Fsp3) is 0.750. The van der Waals surface area contributed by atoms with Crippen LogP contribution in [0.1, 0.15) is 33.1 Å². The summed E-state index contributed by atoms with van der Waals surface area (Å²) < 4.78 is 0. The molecule has 0 radical (unpaired) electrons. The quantitative estimate of drug-likeness (QED) is 0.258. The summed E-state index contributed by atoms with van der Waals surface area (Å²) in [6.45, 7) is 3.16. The van der Waals surface area contributed by atoms with Gasteiger partial charge in [-0.1, -0.05) is 20.3 Å². The molecule has 0 aromatic heterocycles. The molecule has 1 aliphatic heterocycles. The van der Waals surface area contributed by atoms with Crippen molar-refractivity contribution in [1.29, 1.82) is 0 Å². The lowest BCUT2D eigenvalue weighted by Gasteiger charge is -2.21. The number of amides is 3. The molecule has 0 spiro atoms. The summed E-state index contributed by atoms with van der Waals surface area (Å²) in [6, 6.07) is -2.62. The second-order valence-corrected chi connectivity index (χ2v) is 6.38. The van der Waals surface area contributed by atoms with Crippen molar-refractivity contribution in [3.05, 3.63) is 0 Å². The number of carbonyl (C=O) groups is 4. The van der Waals surface area contributed by atoms with Gasteiger partial charge in [0, 0.05) is 0 Å². The molecule has 148 valence electrons. The number of carboxylic acid groups (broad SMARTS) is 1. The van der Waals surface area contributed by atoms with Crippen molar-refractivity contribution in [2.24, 2.45) is 5.92 Å². The molecule has 0 aliphatic carbocycles. The molecule has 10 heteroatoms. The normalized spacial score (nSPS) is 19.9. The molecule has 1 saturated heterocycles. The highest BCUT2D eigenvalue weighted by Crippen LogP contribution is 2.07. The molecule has 0 aromatic carbocycles. The Hall–Kier alpha value is -2.20. The lowest BCUT2D eigenvalue weighted by Crippen LogP contribution is -2.55. The highest BCUT2D eigenvalue weighted by Gasteiger charge is 2.28. The van der Waals surface area contributed by atoms with Crippen molar-refractivity contribution >= 4 is 23.7 Å². The van der Waals surface area contributed by atoms with Crippen molar-refractivity contribution < 1.29 is 29.4 Å². The number of rotatable bonds is 10. The molecule has 0 bridgehead atoms. The Morgan fingerprint density at radius 1 is 1.23 bits per heavy atom. The van der Waals surface area contributed by atoms with Gasteiger partial charge >= 0.3 is 5.97 Å². The van der Waals surface area contributed by atoms with Gasteiger partial charge in [0.25, 0.3) is 0 Å². The Morgan fingerprint density at radius 3 is 2.42 bits per heavy atom. The van der Waals surface area contributed by atoms with Gasteiger partial charge in [0.1, 0.15) is 12.1 Å². The third kappa shape index (κ3) is 6.60. The van der Waals surface area contributed by atoms with Crippen LogP contribution in [0.2, 0.25) is 0 Å². The zero-order chi connectivity index (χ0) is 19.7. The number of hydrogen-bond acceptors (Lipinski definition) is 6. The highest BCUT2D eigenvalue weighted by molar-refractivity contribution is 5.92. The molecule has 26 heavy (non-hydrogen) atoms. The molecule has 3 amide bonds. The second-order valence-electron chi connectivity index (χ2n) is 6.38. The number of aliphatic hydroxyl groups is 1. The van der Waals surface area contributed by atoms with E-state index in [0.717, 1.165) is 13.0 Å². The fourth-order valence-electron chi connectivity index (χ4n) is 2.57. The van der Waals surface area contributed by atoms with E-state index in [0.29, 0.717) is 12.8 Å². The summed E-state index contributed by atoms with van der Waals surface area (Å²) in [5.41, 5.74) is 0. The van der Waals surface area contributed by atoms with E-state index >= 15 is 0 Å². The standard InChI is InChI=1S/C16H28N4O6/c1-3-9(2)13(16(25)26)20-12(22)7-18-14(23)11(8-21)19-15(24)10-5-4-6-17-10/h9-11,13,17,21H,3-8H2,1-2H3,(H,18,23)(H,19,24)(H,20,22)(H,25,26). The number of carboxylic acids is 1. The largest absolute Gasteiger partial charge is 0.480 e. The van der Waals surface area contributed by atoms with Gasteiger partial charge in [-0.3, -0.25) is 14.4 Å². The molecule has 0 saturated carbocycles. The molecule has 1 aliphatic rings. The SMILES string of the molecule is CCC(C)C(NC(=O)CNC(=O)C(CO)NC(=O)C1CCCN1)C(=O)O. The molecule has 0 aromatic rings. The summed E-state index contributed by atoms with van der Waals surface area (Å²) in [4.78, 5) is 47.1. The average molecular weight is 372 g/mol. The van der Waals surface area contributed by atoms with Crippen LogP contribution < -0.4 is 21.3 Å². The van der Waals surface area contributed by atoms with Crippen LogP contribution in [-0.2, 0) is 19.2 Å². The minimum atomic E-state index is -1.18. The number of aliphatic hydroxyl groups excluding tert-OH is 1. The van der Waals surface area contributed by atoms with E-state index in [1.165, 1.54) is 0 Å². The van der Waals surface area contributed by atoms with Crippen LogP contribution in [0, 0.1) is 5.92 Å². The first-order valence-corrected chi connectivity index (χ1v) is 8.74. The zero-order valence-electron chi connectivity index (χ0n) is 15.1. The lowest BCUT2D eigenvalue weighted by atomic mass is 9.99. The maximum absolute atomic E-state index is 12.0. The smallest absolute Gasteiger partial charge is 0.326 e. The Morgan fingerprint density at radius 2 is 1.92 bits per heavy atom. The Kier molecular flexibility index (Phi) is 9.00. The number of nitrogens with one attached hydrogen (secondary N) is 4. The van der Waals surface area contributed by atoms with Crippen LogP contribution in [-0.4, -0.2) is 71.7 Å². The van der Waals surface area contributed by atoms with Gasteiger partial charge in [0.15, 0.2) is 0 Å². The van der Waals surface area contributed by atoms with Gasteiger partial charge < -0.3 is 31.5 Å². The second kappa shape index (κ2) is 10.7. The van der Waals surface area contributed by atoms with Crippen molar-refractivity contribution in [3.63, 3.8) is 0 Å². The van der Waals surface area contributed by atoms with Crippen LogP contribution in [0.4, 0.5) is 0 Å². The summed E-state index contributed by atoms with van der Waals surface area (Å²) in [5, 5.41) is 28.5. The summed E-state index contributed by atoms with van der Waals surface area (Å²) >= 11 is 0. The van der Waals surface area contributed by atoms with Crippen LogP contribution >= 0.6 is 0 Å². The van der Waals surface area contributed by atoms with Crippen molar-refractivity contribution in [3.8, 4) is 0 Å². The summed E-state index contributed by atoms with van der Waals surface area (Å²) in [7, 11) is 0. The van der Waals surface area contributed by atoms with Gasteiger partial charge in [0.05, 0.1) is 19.2 Å². The Balaban J connectivity index is 2.47. The average Bonchev–Trinajstić information content (AvgIpc) is 3.15. The van der Waals surface area contributed by atoms with Crippen LogP contribution in [0.25, 0.3) is 0 Å². The van der Waals surface area contributed by atoms with Crippen LogP contribution in [0.3, 0.4) is 0 Å². The van der Waals surface area contributed by atoms with Gasteiger partial charge in [-0.2, -0.15) is 0 Å². The van der Waals surface area contributed by atoms with E-state index in [-0.39, 0.29) is 11.8 Å². The number of carbonyl (C=O) groups excluding carboxylic acids is 3. The van der Waals surface area contributed by atoms with Crippen LogP contribution in [0.15, 0.2) is 0 Å². The monoisotopic (exact) mass is 372 g/mol.